The van der Waals surface area contributed by atoms with Crippen molar-refractivity contribution in [2.45, 2.75) is 30.3 Å². The summed E-state index contributed by atoms with van der Waals surface area (Å²) in [5.74, 6) is -0.179. The Morgan fingerprint density at radius 2 is 1.97 bits per heavy atom. The molecule has 0 radical (unpaired) electrons. The minimum absolute atomic E-state index is 0.0101. The van der Waals surface area contributed by atoms with Gasteiger partial charge in [0, 0.05) is 24.0 Å². The van der Waals surface area contributed by atoms with E-state index in [4.69, 9.17) is 0 Å². The van der Waals surface area contributed by atoms with Crippen molar-refractivity contribution < 1.29 is 13.2 Å². The van der Waals surface area contributed by atoms with E-state index in [9.17, 15) is 13.2 Å². The Morgan fingerprint density at radius 1 is 1.14 bits per heavy atom. The van der Waals surface area contributed by atoms with Crippen LogP contribution in [0, 0.1) is 0 Å². The molecule has 150 valence electrons. The van der Waals surface area contributed by atoms with Gasteiger partial charge in [-0.2, -0.15) is 0 Å². The molecule has 0 bridgehead atoms. The largest absolute Gasteiger partial charge is 0.335 e. The van der Waals surface area contributed by atoms with Gasteiger partial charge in [-0.15, -0.1) is 11.3 Å². The van der Waals surface area contributed by atoms with E-state index in [-0.39, 0.29) is 23.4 Å². The highest BCUT2D eigenvalue weighted by molar-refractivity contribution is 7.89. The number of amides is 1. The average molecular weight is 427 g/mol. The molecule has 29 heavy (non-hydrogen) atoms. The first-order valence-electron chi connectivity index (χ1n) is 9.43. The normalized spacial score (nSPS) is 15.8. The van der Waals surface area contributed by atoms with Crippen LogP contribution in [0.2, 0.25) is 0 Å². The van der Waals surface area contributed by atoms with Crippen LogP contribution in [0.1, 0.15) is 38.8 Å². The van der Waals surface area contributed by atoms with Crippen LogP contribution in [0.25, 0.3) is 0 Å². The molecule has 1 heterocycles. The molecule has 1 amide bonds. The van der Waals surface area contributed by atoms with Crippen molar-refractivity contribution in [2.24, 2.45) is 0 Å². The molecule has 7 heteroatoms. The van der Waals surface area contributed by atoms with Crippen LogP contribution in [0.5, 0.6) is 0 Å². The van der Waals surface area contributed by atoms with Gasteiger partial charge in [-0.25, -0.2) is 13.1 Å². The monoisotopic (exact) mass is 426 g/mol. The number of nitrogens with zero attached hydrogens (tertiary/aromatic N) is 1. The number of nitrogens with one attached hydrogen (secondary N) is 1. The number of thiophene rings is 1. The van der Waals surface area contributed by atoms with Crippen molar-refractivity contribution in [3.63, 3.8) is 0 Å². The Morgan fingerprint density at radius 3 is 2.76 bits per heavy atom. The molecule has 1 aliphatic rings. The summed E-state index contributed by atoms with van der Waals surface area (Å²) in [6, 6.07) is 18.2. The summed E-state index contributed by atoms with van der Waals surface area (Å²) < 4.78 is 27.9. The lowest BCUT2D eigenvalue weighted by Gasteiger charge is -2.25. The molecule has 1 aliphatic carbocycles. The molecule has 0 fully saturated rings. The maximum atomic E-state index is 13.1. The predicted molar refractivity (Wildman–Crippen MR) is 114 cm³/mol. The van der Waals surface area contributed by atoms with Crippen molar-refractivity contribution in [3.05, 3.63) is 87.6 Å². The van der Waals surface area contributed by atoms with Crippen molar-refractivity contribution in [1.29, 1.82) is 0 Å². The molecular formula is C22H22N2O3S2. The third-order valence-corrected chi connectivity index (χ3v) is 7.57. The number of hydrogen-bond acceptors (Lipinski definition) is 4. The van der Waals surface area contributed by atoms with Gasteiger partial charge < -0.3 is 4.90 Å². The Labute approximate surface area is 175 Å². The predicted octanol–water partition coefficient (Wildman–Crippen LogP) is 3.99. The lowest BCUT2D eigenvalue weighted by molar-refractivity contribution is 0.0730. The summed E-state index contributed by atoms with van der Waals surface area (Å²) in [6.45, 7) is 0.233. The van der Waals surface area contributed by atoms with E-state index in [2.05, 4.69) is 16.9 Å². The Hall–Kier alpha value is -2.48. The molecule has 1 unspecified atom stereocenters. The number of carbonyl (C=O) groups is 1. The van der Waals surface area contributed by atoms with E-state index >= 15 is 0 Å². The Balaban J connectivity index is 1.53. The van der Waals surface area contributed by atoms with Gasteiger partial charge in [0.05, 0.1) is 10.9 Å². The van der Waals surface area contributed by atoms with Gasteiger partial charge >= 0.3 is 0 Å². The molecule has 1 atom stereocenters. The second kappa shape index (κ2) is 8.10. The number of fused-ring (bicyclic) bond motifs is 1. The minimum Gasteiger partial charge on any atom is -0.335 e. The summed E-state index contributed by atoms with van der Waals surface area (Å²) in [5.41, 5.74) is 2.81. The third-order valence-electron chi connectivity index (χ3n) is 5.30. The quantitative estimate of drug-likeness (QED) is 0.648. The second-order valence-electron chi connectivity index (χ2n) is 7.10. The molecule has 0 spiro atoms. The highest BCUT2D eigenvalue weighted by Crippen LogP contribution is 2.35. The zero-order valence-corrected chi connectivity index (χ0v) is 17.7. The number of rotatable bonds is 6. The summed E-state index contributed by atoms with van der Waals surface area (Å²) in [5, 5.41) is 1.90. The standard InChI is InChI=1S/C22H22N2O3S2/c1-24(21-12-11-16-6-2-3-10-20(16)21)22(25)17-7-4-9-19(14-17)29(26,27)23-15-18-8-5-13-28-18/h2-10,13-14,21,23H,11-12,15H2,1H3. The maximum Gasteiger partial charge on any atom is 0.254 e. The summed E-state index contributed by atoms with van der Waals surface area (Å²) >= 11 is 1.49. The third kappa shape index (κ3) is 4.12. The molecule has 0 aliphatic heterocycles. The SMILES string of the molecule is CN(C(=O)c1cccc(S(=O)(=O)NCc2cccs2)c1)C1CCc2ccccc21. The molecule has 1 N–H and O–H groups in total. The first kappa shape index (κ1) is 19.8. The van der Waals surface area contributed by atoms with Crippen LogP contribution in [-0.4, -0.2) is 26.3 Å². The van der Waals surface area contributed by atoms with Gasteiger partial charge in [0.25, 0.3) is 5.91 Å². The molecule has 2 aromatic carbocycles. The summed E-state index contributed by atoms with van der Waals surface area (Å²) in [7, 11) is -1.92. The van der Waals surface area contributed by atoms with Crippen LogP contribution in [-0.2, 0) is 23.0 Å². The first-order chi connectivity index (χ1) is 14.0. The van der Waals surface area contributed by atoms with Crippen LogP contribution < -0.4 is 4.72 Å². The minimum atomic E-state index is -3.70. The zero-order valence-electron chi connectivity index (χ0n) is 16.0. The summed E-state index contributed by atoms with van der Waals surface area (Å²) in [4.78, 5) is 15.8. The highest BCUT2D eigenvalue weighted by atomic mass is 32.2. The van der Waals surface area contributed by atoms with Crippen LogP contribution in [0.3, 0.4) is 0 Å². The van der Waals surface area contributed by atoms with E-state index < -0.39 is 10.0 Å². The molecule has 0 saturated carbocycles. The average Bonchev–Trinajstić information content (AvgIpc) is 3.41. The highest BCUT2D eigenvalue weighted by Gasteiger charge is 2.29. The molecule has 1 aromatic heterocycles. The smallest absolute Gasteiger partial charge is 0.254 e. The molecule has 4 rings (SSSR count). The molecule has 0 saturated heterocycles. The number of benzene rings is 2. The van der Waals surface area contributed by atoms with Gasteiger partial charge in [-0.1, -0.05) is 36.4 Å². The lowest BCUT2D eigenvalue weighted by Crippen LogP contribution is -2.30. The van der Waals surface area contributed by atoms with Gasteiger partial charge in [-0.3, -0.25) is 4.79 Å². The van der Waals surface area contributed by atoms with E-state index in [0.29, 0.717) is 5.56 Å². The van der Waals surface area contributed by atoms with E-state index in [1.807, 2.05) is 29.6 Å². The van der Waals surface area contributed by atoms with Crippen LogP contribution >= 0.6 is 11.3 Å². The van der Waals surface area contributed by atoms with Gasteiger partial charge in [0.2, 0.25) is 10.0 Å². The number of sulfonamides is 1. The summed E-state index contributed by atoms with van der Waals surface area (Å²) in [6.07, 6.45) is 1.82. The van der Waals surface area contributed by atoms with Crippen molar-refractivity contribution in [1.82, 2.24) is 9.62 Å². The fourth-order valence-electron chi connectivity index (χ4n) is 3.74. The van der Waals surface area contributed by atoms with Gasteiger partial charge in [-0.05, 0) is 53.6 Å². The second-order valence-corrected chi connectivity index (χ2v) is 9.90. The number of hydrogen-bond donors (Lipinski definition) is 1. The van der Waals surface area contributed by atoms with Gasteiger partial charge in [0.1, 0.15) is 0 Å². The molecule has 5 nitrogen and oxygen atoms in total. The van der Waals surface area contributed by atoms with Crippen molar-refractivity contribution >= 4 is 27.3 Å². The number of carbonyl (C=O) groups excluding carboxylic acids is 1. The number of aryl methyl sites for hydroxylation is 1. The molecular weight excluding hydrogens is 404 g/mol. The van der Waals surface area contributed by atoms with E-state index in [0.717, 1.165) is 17.7 Å². The maximum absolute atomic E-state index is 13.1. The van der Waals surface area contributed by atoms with Gasteiger partial charge in [0.15, 0.2) is 0 Å². The Bertz CT molecular complexity index is 1120. The van der Waals surface area contributed by atoms with Crippen LogP contribution in [0.4, 0.5) is 0 Å². The fraction of sp³-hybridized carbons (Fsp3) is 0.227. The van der Waals surface area contributed by atoms with Crippen molar-refractivity contribution in [3.8, 4) is 0 Å². The molecule has 3 aromatic rings. The topological polar surface area (TPSA) is 66.5 Å². The van der Waals surface area contributed by atoms with E-state index in [1.54, 1.807) is 24.1 Å². The fourth-order valence-corrected chi connectivity index (χ4v) is 5.53. The Kier molecular flexibility index (Phi) is 5.54. The van der Waals surface area contributed by atoms with Crippen molar-refractivity contribution in [2.75, 3.05) is 7.05 Å². The first-order valence-corrected chi connectivity index (χ1v) is 11.8. The van der Waals surface area contributed by atoms with E-state index in [1.165, 1.54) is 34.6 Å². The van der Waals surface area contributed by atoms with Crippen LogP contribution in [0.15, 0.2) is 70.9 Å². The lowest BCUT2D eigenvalue weighted by atomic mass is 10.1. The zero-order chi connectivity index (χ0) is 20.4.